The smallest absolute Gasteiger partial charge is 0.267 e. The van der Waals surface area contributed by atoms with Gasteiger partial charge in [-0.1, -0.05) is 32.9 Å². The molecule has 1 amide bonds. The molecule has 1 aromatic rings. The molecular weight excluding hydrogens is 328 g/mol. The molecule has 1 N–H and O–H groups in total. The average molecular weight is 349 g/mol. The van der Waals surface area contributed by atoms with E-state index < -0.39 is 0 Å². The molecule has 0 spiro atoms. The first-order valence-corrected chi connectivity index (χ1v) is 8.27. The Balaban J connectivity index is 1.79. The fourth-order valence-corrected chi connectivity index (χ4v) is 4.39. The Morgan fingerprint density at radius 1 is 1.33 bits per heavy atom. The molecule has 0 unspecified atom stereocenters. The summed E-state index contributed by atoms with van der Waals surface area (Å²) in [5.41, 5.74) is 4.93. The first kappa shape index (κ1) is 14.8. The van der Waals surface area contributed by atoms with E-state index in [1.807, 2.05) is 18.2 Å². The number of nitrogens with zero attached hydrogens (tertiary/aromatic N) is 1. The van der Waals surface area contributed by atoms with E-state index in [0.717, 1.165) is 16.6 Å². The number of nitrogens with one attached hydrogen (secondary N) is 1. The van der Waals surface area contributed by atoms with Gasteiger partial charge < -0.3 is 0 Å². The average Bonchev–Trinajstić information content (AvgIpc) is 2.78. The molecular formula is C17H21BrN2O. The van der Waals surface area contributed by atoms with Crippen LogP contribution in [0.3, 0.4) is 0 Å². The molecule has 2 aliphatic carbocycles. The van der Waals surface area contributed by atoms with Gasteiger partial charge in [0.25, 0.3) is 5.91 Å². The molecule has 2 aliphatic rings. The zero-order chi connectivity index (χ0) is 15.3. The number of hydrazone groups is 1. The van der Waals surface area contributed by atoms with E-state index in [1.54, 1.807) is 6.07 Å². The summed E-state index contributed by atoms with van der Waals surface area (Å²) in [6.07, 6.45) is 3.47. The molecule has 0 aliphatic heterocycles. The quantitative estimate of drug-likeness (QED) is 0.791. The van der Waals surface area contributed by atoms with Crippen LogP contribution in [0.15, 0.2) is 33.8 Å². The van der Waals surface area contributed by atoms with Crippen molar-refractivity contribution in [3.8, 4) is 0 Å². The van der Waals surface area contributed by atoms with E-state index in [0.29, 0.717) is 11.5 Å². The molecule has 112 valence electrons. The standard InChI is InChI=1S/C17H21BrN2O/c1-16(2)11-8-9-17(16,3)14(10-11)19-20-15(21)12-6-4-5-7-13(12)18/h4-7,11H,8-10H2,1-3H3,(H,20,21)/b19-14-/t11-,17+/m1/s1. The van der Waals surface area contributed by atoms with Crippen molar-refractivity contribution in [1.82, 2.24) is 5.43 Å². The van der Waals surface area contributed by atoms with Gasteiger partial charge in [-0.2, -0.15) is 5.10 Å². The third-order valence-corrected chi connectivity index (χ3v) is 6.61. The van der Waals surface area contributed by atoms with E-state index in [9.17, 15) is 4.79 Å². The van der Waals surface area contributed by atoms with Gasteiger partial charge in [0.2, 0.25) is 0 Å². The minimum atomic E-state index is -0.154. The molecule has 0 radical (unpaired) electrons. The second-order valence-corrected chi connectivity index (χ2v) is 7.83. The van der Waals surface area contributed by atoms with Crippen molar-refractivity contribution in [2.75, 3.05) is 0 Å². The van der Waals surface area contributed by atoms with Crippen LogP contribution in [0, 0.1) is 16.7 Å². The Bertz CT molecular complexity index is 623. The number of fused-ring (bicyclic) bond motifs is 2. The van der Waals surface area contributed by atoms with E-state index in [1.165, 1.54) is 12.8 Å². The number of hydrogen-bond acceptors (Lipinski definition) is 2. The summed E-state index contributed by atoms with van der Waals surface area (Å²) in [5.74, 6) is 0.542. The molecule has 1 aromatic carbocycles. The van der Waals surface area contributed by atoms with Gasteiger partial charge in [0.05, 0.1) is 5.56 Å². The van der Waals surface area contributed by atoms with Crippen molar-refractivity contribution in [2.45, 2.75) is 40.0 Å². The Kier molecular flexibility index (Phi) is 3.47. The van der Waals surface area contributed by atoms with Crippen molar-refractivity contribution in [1.29, 1.82) is 0 Å². The predicted octanol–water partition coefficient (Wildman–Crippen LogP) is 4.38. The SMILES string of the molecule is CC1(C)[C@@H]2CC[C@@]1(C)/C(=N\NC(=O)c1ccccc1Br)C2. The van der Waals surface area contributed by atoms with Crippen LogP contribution < -0.4 is 5.43 Å². The lowest BCUT2D eigenvalue weighted by Gasteiger charge is -2.34. The molecule has 2 saturated carbocycles. The Morgan fingerprint density at radius 2 is 2.05 bits per heavy atom. The largest absolute Gasteiger partial charge is 0.272 e. The molecule has 3 nitrogen and oxygen atoms in total. The van der Waals surface area contributed by atoms with E-state index >= 15 is 0 Å². The van der Waals surface area contributed by atoms with Crippen LogP contribution in [-0.2, 0) is 0 Å². The van der Waals surface area contributed by atoms with E-state index in [4.69, 9.17) is 0 Å². The van der Waals surface area contributed by atoms with Gasteiger partial charge in [-0.05, 0) is 58.7 Å². The van der Waals surface area contributed by atoms with Crippen LogP contribution in [-0.4, -0.2) is 11.6 Å². The summed E-state index contributed by atoms with van der Waals surface area (Å²) in [4.78, 5) is 12.2. The molecule has 0 aromatic heterocycles. The monoisotopic (exact) mass is 348 g/mol. The predicted molar refractivity (Wildman–Crippen MR) is 88.3 cm³/mol. The van der Waals surface area contributed by atoms with E-state index in [2.05, 4.69) is 47.2 Å². The van der Waals surface area contributed by atoms with Gasteiger partial charge in [-0.25, -0.2) is 5.43 Å². The highest BCUT2D eigenvalue weighted by atomic mass is 79.9. The molecule has 2 bridgehead atoms. The highest BCUT2D eigenvalue weighted by molar-refractivity contribution is 9.10. The molecule has 4 heteroatoms. The molecule has 2 atom stereocenters. The van der Waals surface area contributed by atoms with Gasteiger partial charge in [0.1, 0.15) is 0 Å². The van der Waals surface area contributed by atoms with Crippen LogP contribution in [0.1, 0.15) is 50.4 Å². The van der Waals surface area contributed by atoms with Crippen molar-refractivity contribution < 1.29 is 4.79 Å². The van der Waals surface area contributed by atoms with Gasteiger partial charge in [0, 0.05) is 15.6 Å². The van der Waals surface area contributed by atoms with Crippen molar-refractivity contribution >= 4 is 27.5 Å². The third-order valence-electron chi connectivity index (χ3n) is 5.92. The zero-order valence-corrected chi connectivity index (χ0v) is 14.3. The maximum absolute atomic E-state index is 12.2. The topological polar surface area (TPSA) is 41.5 Å². The number of carbonyl (C=O) groups excluding carboxylic acids is 1. The Hall–Kier alpha value is -1.16. The van der Waals surface area contributed by atoms with Gasteiger partial charge >= 0.3 is 0 Å². The summed E-state index contributed by atoms with van der Waals surface area (Å²) < 4.78 is 0.794. The molecule has 3 rings (SSSR count). The minimum Gasteiger partial charge on any atom is -0.267 e. The van der Waals surface area contributed by atoms with E-state index in [-0.39, 0.29) is 16.7 Å². The second-order valence-electron chi connectivity index (χ2n) is 6.97. The van der Waals surface area contributed by atoms with Crippen LogP contribution in [0.2, 0.25) is 0 Å². The van der Waals surface area contributed by atoms with Crippen molar-refractivity contribution in [3.05, 3.63) is 34.3 Å². The maximum atomic E-state index is 12.2. The normalized spacial score (nSPS) is 31.6. The first-order chi connectivity index (χ1) is 9.86. The fraction of sp³-hybridized carbons (Fsp3) is 0.529. The van der Waals surface area contributed by atoms with Gasteiger partial charge in [-0.15, -0.1) is 0 Å². The highest BCUT2D eigenvalue weighted by Gasteiger charge is 2.59. The minimum absolute atomic E-state index is 0.124. The molecule has 0 heterocycles. The number of amides is 1. The van der Waals surface area contributed by atoms with Crippen LogP contribution >= 0.6 is 15.9 Å². The second kappa shape index (κ2) is 4.94. The fourth-order valence-electron chi connectivity index (χ4n) is 3.92. The summed E-state index contributed by atoms with van der Waals surface area (Å²) in [6.45, 7) is 6.97. The van der Waals surface area contributed by atoms with Crippen LogP contribution in [0.5, 0.6) is 0 Å². The number of carbonyl (C=O) groups is 1. The summed E-state index contributed by atoms with van der Waals surface area (Å²) >= 11 is 3.40. The lowest BCUT2D eigenvalue weighted by atomic mass is 9.70. The highest BCUT2D eigenvalue weighted by Crippen LogP contribution is 2.63. The van der Waals surface area contributed by atoms with Crippen LogP contribution in [0.25, 0.3) is 0 Å². The Labute approximate surface area is 134 Å². The number of halogens is 1. The molecule has 21 heavy (non-hydrogen) atoms. The molecule has 2 fully saturated rings. The number of rotatable bonds is 2. The maximum Gasteiger partial charge on any atom is 0.272 e. The van der Waals surface area contributed by atoms with Crippen molar-refractivity contribution in [3.63, 3.8) is 0 Å². The summed E-state index contributed by atoms with van der Waals surface area (Å²) in [7, 11) is 0. The summed E-state index contributed by atoms with van der Waals surface area (Å²) in [5, 5.41) is 4.49. The van der Waals surface area contributed by atoms with Gasteiger partial charge in [-0.3, -0.25) is 4.79 Å². The molecule has 0 saturated heterocycles. The zero-order valence-electron chi connectivity index (χ0n) is 12.7. The summed E-state index contributed by atoms with van der Waals surface area (Å²) in [6, 6.07) is 7.41. The van der Waals surface area contributed by atoms with Gasteiger partial charge in [0.15, 0.2) is 0 Å². The number of benzene rings is 1. The lowest BCUT2D eigenvalue weighted by molar-refractivity contribution is 0.0953. The first-order valence-electron chi connectivity index (χ1n) is 7.48. The van der Waals surface area contributed by atoms with Crippen molar-refractivity contribution in [2.24, 2.45) is 21.8 Å². The van der Waals surface area contributed by atoms with Crippen LogP contribution in [0.4, 0.5) is 0 Å². The third kappa shape index (κ3) is 2.15. The number of hydrogen-bond donors (Lipinski definition) is 1. The Morgan fingerprint density at radius 3 is 2.62 bits per heavy atom. The lowest BCUT2D eigenvalue weighted by Crippen LogP contribution is -2.34.